The van der Waals surface area contributed by atoms with Crippen molar-refractivity contribution in [3.63, 3.8) is 0 Å². The van der Waals surface area contributed by atoms with Crippen LogP contribution in [-0.4, -0.2) is 41.8 Å². The zero-order valence-corrected chi connectivity index (χ0v) is 17.7. The largest absolute Gasteiger partial charge is 0.371 e. The Morgan fingerprint density at radius 3 is 2.69 bits per heavy atom. The summed E-state index contributed by atoms with van der Waals surface area (Å²) in [6.45, 7) is 4.67. The quantitative estimate of drug-likeness (QED) is 0.827. The van der Waals surface area contributed by atoms with Gasteiger partial charge in [-0.05, 0) is 55.0 Å². The van der Waals surface area contributed by atoms with Gasteiger partial charge in [0.2, 0.25) is 5.91 Å². The molecule has 3 aliphatic heterocycles. The number of rotatable bonds is 2. The van der Waals surface area contributed by atoms with Crippen molar-refractivity contribution in [1.82, 2.24) is 10.3 Å². The standard InChI is InChI=1S/C22H26N4O2S/c1-15-12-23-13-18(16-3-4-19-17(11-16)14-29(28)25(19)2)20(15)26-9-6-22(7-10-26)5-8-24-21(22)27/h3-4,11-13H,5-10,14H2,1-2H3,(H,24,27). The van der Waals surface area contributed by atoms with Crippen LogP contribution in [-0.2, 0) is 21.5 Å². The molecular weight excluding hydrogens is 384 g/mol. The second kappa shape index (κ2) is 6.83. The Bertz CT molecular complexity index is 1010. The molecule has 1 atom stereocenters. The molecule has 1 N–H and O–H groups in total. The van der Waals surface area contributed by atoms with E-state index in [1.165, 1.54) is 5.69 Å². The van der Waals surface area contributed by atoms with Gasteiger partial charge in [0.25, 0.3) is 0 Å². The average Bonchev–Trinajstić information content (AvgIpc) is 3.21. The summed E-state index contributed by atoms with van der Waals surface area (Å²) in [5.41, 5.74) is 6.58. The summed E-state index contributed by atoms with van der Waals surface area (Å²) in [4.78, 5) is 19.2. The monoisotopic (exact) mass is 410 g/mol. The summed E-state index contributed by atoms with van der Waals surface area (Å²) < 4.78 is 14.0. The van der Waals surface area contributed by atoms with Crippen molar-refractivity contribution in [1.29, 1.82) is 0 Å². The highest BCUT2D eigenvalue weighted by Crippen LogP contribution is 2.43. The van der Waals surface area contributed by atoms with Crippen LogP contribution >= 0.6 is 0 Å². The predicted molar refractivity (Wildman–Crippen MR) is 116 cm³/mol. The van der Waals surface area contributed by atoms with E-state index in [0.29, 0.717) is 5.75 Å². The van der Waals surface area contributed by atoms with Crippen molar-refractivity contribution in [2.24, 2.45) is 5.41 Å². The molecule has 0 radical (unpaired) electrons. The van der Waals surface area contributed by atoms with Gasteiger partial charge in [-0.15, -0.1) is 0 Å². The number of hydrogen-bond acceptors (Lipinski definition) is 4. The van der Waals surface area contributed by atoms with Crippen molar-refractivity contribution < 1.29 is 9.00 Å². The van der Waals surface area contributed by atoms with E-state index >= 15 is 0 Å². The molecule has 2 saturated heterocycles. The maximum atomic E-state index is 12.3. The SMILES string of the molecule is Cc1cncc(-c2ccc3c(c2)CS(=O)N3C)c1N1CCC2(CCNC2=O)CC1. The first-order valence-electron chi connectivity index (χ1n) is 10.2. The Hall–Kier alpha value is -2.41. The number of piperidine rings is 1. The summed E-state index contributed by atoms with van der Waals surface area (Å²) in [5.74, 6) is 0.801. The summed E-state index contributed by atoms with van der Waals surface area (Å²) in [6, 6.07) is 6.33. The molecule has 1 spiro atoms. The minimum Gasteiger partial charge on any atom is -0.371 e. The van der Waals surface area contributed by atoms with Gasteiger partial charge in [-0.2, -0.15) is 0 Å². The highest BCUT2D eigenvalue weighted by Gasteiger charge is 2.44. The van der Waals surface area contributed by atoms with E-state index in [-0.39, 0.29) is 11.3 Å². The fourth-order valence-electron chi connectivity index (χ4n) is 5.06. The molecule has 6 nitrogen and oxygen atoms in total. The fourth-order valence-corrected chi connectivity index (χ4v) is 6.14. The molecule has 1 aromatic carbocycles. The number of aromatic nitrogens is 1. The molecule has 0 bridgehead atoms. The van der Waals surface area contributed by atoms with Crippen molar-refractivity contribution in [2.75, 3.05) is 35.9 Å². The van der Waals surface area contributed by atoms with Gasteiger partial charge in [-0.3, -0.25) is 14.1 Å². The third-order valence-corrected chi connectivity index (χ3v) is 8.19. The number of carbonyl (C=O) groups excluding carboxylic acids is 1. The first-order valence-corrected chi connectivity index (χ1v) is 11.5. The van der Waals surface area contributed by atoms with Gasteiger partial charge in [-0.25, -0.2) is 4.21 Å². The van der Waals surface area contributed by atoms with Gasteiger partial charge in [-0.1, -0.05) is 6.07 Å². The number of hydrogen-bond donors (Lipinski definition) is 1. The van der Waals surface area contributed by atoms with Crippen LogP contribution in [0.2, 0.25) is 0 Å². The van der Waals surface area contributed by atoms with Crippen LogP contribution in [0.1, 0.15) is 30.4 Å². The first kappa shape index (κ1) is 18.6. The molecule has 1 unspecified atom stereocenters. The van der Waals surface area contributed by atoms with Gasteiger partial charge < -0.3 is 10.2 Å². The highest BCUT2D eigenvalue weighted by molar-refractivity contribution is 7.86. The molecule has 1 aromatic heterocycles. The Morgan fingerprint density at radius 1 is 1.17 bits per heavy atom. The zero-order valence-electron chi connectivity index (χ0n) is 16.9. The van der Waals surface area contributed by atoms with Crippen LogP contribution in [0.15, 0.2) is 30.6 Å². The lowest BCUT2D eigenvalue weighted by Gasteiger charge is -2.39. The van der Waals surface area contributed by atoms with Gasteiger partial charge in [0.15, 0.2) is 0 Å². The number of aryl methyl sites for hydroxylation is 1. The number of pyridine rings is 1. The molecule has 2 fully saturated rings. The van der Waals surface area contributed by atoms with E-state index in [1.54, 1.807) is 0 Å². The van der Waals surface area contributed by atoms with Gasteiger partial charge in [0.1, 0.15) is 11.0 Å². The highest BCUT2D eigenvalue weighted by atomic mass is 32.2. The Labute approximate surface area is 173 Å². The maximum absolute atomic E-state index is 12.3. The summed E-state index contributed by atoms with van der Waals surface area (Å²) in [6.07, 6.45) is 6.60. The van der Waals surface area contributed by atoms with Crippen molar-refractivity contribution in [2.45, 2.75) is 31.9 Å². The molecule has 0 saturated carbocycles. The van der Waals surface area contributed by atoms with Crippen LogP contribution in [0.25, 0.3) is 11.1 Å². The van der Waals surface area contributed by atoms with Crippen LogP contribution in [0.3, 0.4) is 0 Å². The van der Waals surface area contributed by atoms with Crippen molar-refractivity contribution in [3.8, 4) is 11.1 Å². The second-order valence-electron chi connectivity index (χ2n) is 8.43. The Morgan fingerprint density at radius 2 is 1.97 bits per heavy atom. The lowest BCUT2D eigenvalue weighted by Crippen LogP contribution is -2.44. The van der Waals surface area contributed by atoms with Gasteiger partial charge in [0.05, 0.1) is 22.5 Å². The van der Waals surface area contributed by atoms with E-state index in [0.717, 1.165) is 66.8 Å². The molecular formula is C22H26N4O2S. The van der Waals surface area contributed by atoms with E-state index in [2.05, 4.69) is 40.3 Å². The van der Waals surface area contributed by atoms with Crippen LogP contribution in [0, 0.1) is 12.3 Å². The molecule has 0 aliphatic carbocycles. The first-order chi connectivity index (χ1) is 14.0. The topological polar surface area (TPSA) is 65.5 Å². The third kappa shape index (κ3) is 2.94. The molecule has 152 valence electrons. The number of carbonyl (C=O) groups is 1. The fraction of sp³-hybridized carbons (Fsp3) is 0.455. The minimum absolute atomic E-state index is 0.167. The van der Waals surface area contributed by atoms with Gasteiger partial charge in [0, 0.05) is 44.6 Å². The molecule has 4 heterocycles. The molecule has 29 heavy (non-hydrogen) atoms. The lowest BCUT2D eigenvalue weighted by atomic mass is 9.77. The smallest absolute Gasteiger partial charge is 0.226 e. The van der Waals surface area contributed by atoms with E-state index in [4.69, 9.17) is 0 Å². The number of amides is 1. The normalized spacial score (nSPS) is 22.8. The zero-order chi connectivity index (χ0) is 20.2. The molecule has 5 rings (SSSR count). The maximum Gasteiger partial charge on any atom is 0.226 e. The Kier molecular flexibility index (Phi) is 4.38. The van der Waals surface area contributed by atoms with Crippen LogP contribution < -0.4 is 14.5 Å². The van der Waals surface area contributed by atoms with E-state index < -0.39 is 11.0 Å². The molecule has 7 heteroatoms. The number of fused-ring (bicyclic) bond motifs is 1. The van der Waals surface area contributed by atoms with E-state index in [1.807, 2.05) is 23.7 Å². The predicted octanol–water partition coefficient (Wildman–Crippen LogP) is 2.78. The number of benzene rings is 1. The van der Waals surface area contributed by atoms with Crippen LogP contribution in [0.4, 0.5) is 11.4 Å². The summed E-state index contributed by atoms with van der Waals surface area (Å²) in [5, 5.41) is 3.02. The second-order valence-corrected chi connectivity index (χ2v) is 9.91. The number of nitrogens with zero attached hydrogens (tertiary/aromatic N) is 3. The van der Waals surface area contributed by atoms with E-state index in [9.17, 15) is 9.00 Å². The molecule has 1 amide bonds. The van der Waals surface area contributed by atoms with Crippen LogP contribution in [0.5, 0.6) is 0 Å². The summed E-state index contributed by atoms with van der Waals surface area (Å²) in [7, 11) is 0.897. The number of nitrogens with one attached hydrogen (secondary N) is 1. The lowest BCUT2D eigenvalue weighted by molar-refractivity contribution is -0.128. The Balaban J connectivity index is 1.48. The van der Waals surface area contributed by atoms with Crippen molar-refractivity contribution in [3.05, 3.63) is 41.7 Å². The molecule has 2 aromatic rings. The van der Waals surface area contributed by atoms with Gasteiger partial charge >= 0.3 is 0 Å². The van der Waals surface area contributed by atoms with Crippen molar-refractivity contribution >= 4 is 28.3 Å². The number of anilines is 2. The minimum atomic E-state index is -0.982. The average molecular weight is 411 g/mol. The molecule has 3 aliphatic rings. The third-order valence-electron chi connectivity index (χ3n) is 6.82. The summed E-state index contributed by atoms with van der Waals surface area (Å²) >= 11 is 0.